The molecule has 0 saturated carbocycles. The van der Waals surface area contributed by atoms with E-state index in [1.807, 2.05) is 5.43 Å². The van der Waals surface area contributed by atoms with E-state index in [0.29, 0.717) is 0 Å². The highest BCUT2D eigenvalue weighted by Gasteiger charge is 2.45. The highest BCUT2D eigenvalue weighted by Crippen LogP contribution is 2.25. The second-order valence-electron chi connectivity index (χ2n) is 3.01. The molecule has 92 valence electrons. The zero-order valence-corrected chi connectivity index (χ0v) is 8.64. The number of halogens is 3. The van der Waals surface area contributed by atoms with Gasteiger partial charge in [-0.05, 0) is 0 Å². The van der Waals surface area contributed by atoms with Gasteiger partial charge in [-0.3, -0.25) is 5.41 Å². The van der Waals surface area contributed by atoms with Crippen LogP contribution in [-0.2, 0) is 4.84 Å². The monoisotopic (exact) mass is 239 g/mol. The van der Waals surface area contributed by atoms with Crippen LogP contribution in [0.25, 0.3) is 0 Å². The van der Waals surface area contributed by atoms with Gasteiger partial charge in [-0.2, -0.15) is 18.7 Å². The number of rotatable bonds is 2. The van der Waals surface area contributed by atoms with Crippen LogP contribution in [0.3, 0.4) is 0 Å². The maximum Gasteiger partial charge on any atom is 0.423 e. The molecule has 0 aliphatic carbocycles. The molecule has 1 aliphatic rings. The minimum Gasteiger partial charge on any atom is -0.387 e. The molecule has 0 spiro atoms. The van der Waals surface area contributed by atoms with Gasteiger partial charge in [-0.25, -0.2) is 5.43 Å². The summed E-state index contributed by atoms with van der Waals surface area (Å²) in [4.78, 5) is 5.46. The number of likely N-dealkylation sites (N-methyl/N-ethyl adjacent to an activating group) is 1. The summed E-state index contributed by atoms with van der Waals surface area (Å²) in [5.74, 6) is -0.409. The van der Waals surface area contributed by atoms with Gasteiger partial charge < -0.3 is 15.2 Å². The predicted molar refractivity (Wildman–Crippen MR) is 49.8 cm³/mol. The summed E-state index contributed by atoms with van der Waals surface area (Å²) in [6.45, 7) is 0. The van der Waals surface area contributed by atoms with Crippen LogP contribution in [0.15, 0.2) is 11.9 Å². The van der Waals surface area contributed by atoms with Gasteiger partial charge >= 0.3 is 6.18 Å². The van der Waals surface area contributed by atoms with E-state index in [1.54, 1.807) is 0 Å². The average molecular weight is 239 g/mol. The van der Waals surface area contributed by atoms with E-state index in [1.165, 1.54) is 20.3 Å². The summed E-state index contributed by atoms with van der Waals surface area (Å²) in [5.41, 5.74) is 6.48. The third-order valence-electron chi connectivity index (χ3n) is 1.94. The van der Waals surface area contributed by atoms with Gasteiger partial charge in [0.05, 0.1) is 0 Å². The van der Waals surface area contributed by atoms with Crippen molar-refractivity contribution in [3.8, 4) is 0 Å². The molecule has 0 amide bonds. The Morgan fingerprint density at radius 1 is 1.62 bits per heavy atom. The fourth-order valence-electron chi connectivity index (χ4n) is 1.21. The number of hydrazine groups is 1. The second kappa shape index (κ2) is 4.58. The summed E-state index contributed by atoms with van der Waals surface area (Å²) in [7, 11) is 2.62. The van der Waals surface area contributed by atoms with Crippen molar-refractivity contribution in [2.24, 2.45) is 0 Å². The molecule has 0 aromatic rings. The van der Waals surface area contributed by atoms with Crippen LogP contribution in [-0.4, -0.2) is 37.2 Å². The first-order valence-corrected chi connectivity index (χ1v) is 4.31. The van der Waals surface area contributed by atoms with E-state index in [2.05, 4.69) is 15.7 Å². The molecule has 4 N–H and O–H groups in total. The Hall–Kier alpha value is -1.48. The summed E-state index contributed by atoms with van der Waals surface area (Å²) in [6, 6.07) is 0. The third-order valence-corrected chi connectivity index (χ3v) is 1.94. The molecule has 1 aliphatic heterocycles. The van der Waals surface area contributed by atoms with Crippen LogP contribution in [0, 0.1) is 5.41 Å². The average Bonchev–Trinajstić information content (AvgIpc) is 2.16. The topological polar surface area (TPSA) is 72.4 Å². The van der Waals surface area contributed by atoms with Gasteiger partial charge in [-0.15, -0.1) is 0 Å². The Balaban J connectivity index is 2.81. The van der Waals surface area contributed by atoms with Gasteiger partial charge in [0.15, 0.2) is 6.17 Å². The van der Waals surface area contributed by atoms with Gasteiger partial charge in [-0.1, -0.05) is 0 Å². The van der Waals surface area contributed by atoms with Gasteiger partial charge in [0.2, 0.25) is 0 Å². The van der Waals surface area contributed by atoms with Crippen LogP contribution in [0.1, 0.15) is 0 Å². The molecule has 1 rings (SSSR count). The summed E-state index contributed by atoms with van der Waals surface area (Å²) >= 11 is 0. The first-order valence-electron chi connectivity index (χ1n) is 4.31. The second-order valence-corrected chi connectivity index (χ2v) is 3.01. The quantitative estimate of drug-likeness (QED) is 0.307. The molecule has 0 radical (unpaired) electrons. The van der Waals surface area contributed by atoms with E-state index < -0.39 is 18.2 Å². The Kier molecular flexibility index (Phi) is 3.60. The number of hydrogen-bond donors (Lipinski definition) is 4. The highest BCUT2D eigenvalue weighted by molar-refractivity contribution is 5.90. The van der Waals surface area contributed by atoms with Gasteiger partial charge in [0.25, 0.3) is 5.90 Å². The van der Waals surface area contributed by atoms with Crippen molar-refractivity contribution in [2.75, 3.05) is 14.1 Å². The minimum atomic E-state index is -4.46. The fraction of sp³-hybridized carbons (Fsp3) is 0.571. The first kappa shape index (κ1) is 12.6. The van der Waals surface area contributed by atoms with Crippen molar-refractivity contribution in [1.29, 1.82) is 5.41 Å². The summed E-state index contributed by atoms with van der Waals surface area (Å²) in [6.07, 6.45) is -5.16. The Bertz CT molecular complexity index is 303. The van der Waals surface area contributed by atoms with E-state index in [9.17, 15) is 13.2 Å². The number of hydroxylamine groups is 1. The molecule has 0 aromatic heterocycles. The van der Waals surface area contributed by atoms with E-state index in [-0.39, 0.29) is 5.70 Å². The van der Waals surface area contributed by atoms with Crippen molar-refractivity contribution < 1.29 is 18.0 Å². The molecule has 6 nitrogen and oxygen atoms in total. The number of nitrogens with zero attached hydrogens (tertiary/aromatic N) is 1. The maximum absolute atomic E-state index is 12.5. The van der Waals surface area contributed by atoms with E-state index >= 15 is 0 Å². The number of nitrogens with one attached hydrogen (secondary N) is 4. The first-order chi connectivity index (χ1) is 7.38. The predicted octanol–water partition coefficient (Wildman–Crippen LogP) is -0.116. The van der Waals surface area contributed by atoms with Crippen molar-refractivity contribution in [3.05, 3.63) is 11.9 Å². The highest BCUT2D eigenvalue weighted by atomic mass is 19.4. The Morgan fingerprint density at radius 3 is 2.75 bits per heavy atom. The molecule has 1 unspecified atom stereocenters. The molecule has 0 fully saturated rings. The van der Waals surface area contributed by atoms with Crippen LogP contribution in [0.2, 0.25) is 0 Å². The molecule has 0 bridgehead atoms. The zero-order chi connectivity index (χ0) is 12.3. The van der Waals surface area contributed by atoms with Crippen LogP contribution in [0.4, 0.5) is 13.2 Å². The molecular formula is C7H12F3N5O. The lowest BCUT2D eigenvalue weighted by molar-refractivity contribution is -0.188. The van der Waals surface area contributed by atoms with Crippen molar-refractivity contribution in [3.63, 3.8) is 0 Å². The van der Waals surface area contributed by atoms with Crippen molar-refractivity contribution >= 4 is 5.90 Å². The fourth-order valence-corrected chi connectivity index (χ4v) is 1.21. The van der Waals surface area contributed by atoms with Crippen LogP contribution >= 0.6 is 0 Å². The molecule has 0 saturated heterocycles. The van der Waals surface area contributed by atoms with Crippen molar-refractivity contribution in [2.45, 2.75) is 12.3 Å². The van der Waals surface area contributed by atoms with E-state index in [4.69, 9.17) is 5.41 Å². The minimum absolute atomic E-state index is 0.0181. The standard InChI is InChI=1S/C7H12F3N5O/c1-12-16-5(11)4-3-13-14-6(15(4)2)7(8,9)10/h3,6,11-14H,1-2H3. The largest absolute Gasteiger partial charge is 0.423 e. The normalized spacial score (nSPS) is 21.2. The lowest BCUT2D eigenvalue weighted by atomic mass is 10.3. The molecule has 16 heavy (non-hydrogen) atoms. The lowest BCUT2D eigenvalue weighted by Gasteiger charge is -2.36. The maximum atomic E-state index is 12.5. The molecule has 1 atom stereocenters. The lowest BCUT2D eigenvalue weighted by Crippen LogP contribution is -2.60. The smallest absolute Gasteiger partial charge is 0.387 e. The van der Waals surface area contributed by atoms with Crippen molar-refractivity contribution in [1.82, 2.24) is 21.2 Å². The molecular weight excluding hydrogens is 227 g/mol. The number of alkyl halides is 3. The Labute approximate surface area is 89.9 Å². The molecule has 1 heterocycles. The summed E-state index contributed by atoms with van der Waals surface area (Å²) < 4.78 is 37.5. The third kappa shape index (κ3) is 2.55. The SMILES string of the molecule is CNOC(=N)C1=CNNC(C(F)(F)F)N1C. The van der Waals surface area contributed by atoms with Crippen LogP contribution < -0.4 is 16.3 Å². The molecule has 0 aromatic carbocycles. The Morgan fingerprint density at radius 2 is 2.25 bits per heavy atom. The zero-order valence-electron chi connectivity index (χ0n) is 8.64. The van der Waals surface area contributed by atoms with Gasteiger partial charge in [0.1, 0.15) is 5.70 Å². The molecule has 9 heteroatoms. The van der Waals surface area contributed by atoms with Crippen LogP contribution in [0.5, 0.6) is 0 Å². The van der Waals surface area contributed by atoms with Gasteiger partial charge in [0, 0.05) is 20.3 Å². The number of hydrogen-bond acceptors (Lipinski definition) is 6. The van der Waals surface area contributed by atoms with E-state index in [0.717, 1.165) is 4.90 Å². The summed E-state index contributed by atoms with van der Waals surface area (Å²) in [5, 5.41) is 7.38.